The maximum absolute atomic E-state index is 13.6. The maximum Gasteiger partial charge on any atom is 0.127 e. The highest BCUT2D eigenvalue weighted by Gasteiger charge is 2.25. The summed E-state index contributed by atoms with van der Waals surface area (Å²) in [6.45, 7) is 3.87. The van der Waals surface area contributed by atoms with E-state index in [0.29, 0.717) is 12.1 Å². The van der Waals surface area contributed by atoms with Crippen molar-refractivity contribution in [3.05, 3.63) is 35.4 Å². The Balaban J connectivity index is 2.06. The number of benzene rings is 1. The van der Waals surface area contributed by atoms with Gasteiger partial charge in [0.25, 0.3) is 0 Å². The number of rotatable bonds is 3. The van der Waals surface area contributed by atoms with Gasteiger partial charge in [-0.05, 0) is 25.1 Å². The average molecular weight is 320 g/mol. The molecule has 1 aliphatic rings. The first-order valence-corrected chi connectivity index (χ1v) is 7.08. The van der Waals surface area contributed by atoms with Gasteiger partial charge in [0.15, 0.2) is 0 Å². The number of morpholine rings is 1. The summed E-state index contributed by atoms with van der Waals surface area (Å²) in [5.74, 6) is -0.754. The Kier molecular flexibility index (Phi) is 4.70. The van der Waals surface area contributed by atoms with Crippen molar-refractivity contribution in [3.8, 4) is 0 Å². The van der Waals surface area contributed by atoms with Gasteiger partial charge in [-0.15, -0.1) is 0 Å². The first kappa shape index (κ1) is 13.9. The largest absolute Gasteiger partial charge is 0.372 e. The van der Waals surface area contributed by atoms with E-state index in [-0.39, 0.29) is 18.0 Å². The SMILES string of the molecule is CC1CN(Cc2cc(F)ccc2F)CC(CBr)O1. The van der Waals surface area contributed by atoms with Crippen LogP contribution in [0.1, 0.15) is 12.5 Å². The van der Waals surface area contributed by atoms with E-state index in [1.807, 2.05) is 6.92 Å². The number of hydrogen-bond donors (Lipinski definition) is 0. The molecule has 0 aliphatic carbocycles. The fourth-order valence-corrected chi connectivity index (χ4v) is 2.62. The lowest BCUT2D eigenvalue weighted by atomic mass is 10.1. The molecule has 1 aromatic rings. The number of halogens is 3. The van der Waals surface area contributed by atoms with Crippen molar-refractivity contribution in [2.24, 2.45) is 0 Å². The summed E-state index contributed by atoms with van der Waals surface area (Å²) in [7, 11) is 0. The van der Waals surface area contributed by atoms with Crippen molar-refractivity contribution in [2.45, 2.75) is 25.7 Å². The molecule has 2 rings (SSSR count). The lowest BCUT2D eigenvalue weighted by molar-refractivity contribution is -0.0680. The first-order valence-electron chi connectivity index (χ1n) is 5.96. The summed E-state index contributed by atoms with van der Waals surface area (Å²) >= 11 is 3.39. The van der Waals surface area contributed by atoms with Crippen LogP contribution in [0.15, 0.2) is 18.2 Å². The molecule has 5 heteroatoms. The van der Waals surface area contributed by atoms with Crippen LogP contribution in [-0.2, 0) is 11.3 Å². The van der Waals surface area contributed by atoms with Gasteiger partial charge in [0, 0.05) is 30.5 Å². The van der Waals surface area contributed by atoms with Crippen molar-refractivity contribution in [2.75, 3.05) is 18.4 Å². The van der Waals surface area contributed by atoms with E-state index in [1.54, 1.807) is 0 Å². The molecule has 0 N–H and O–H groups in total. The standard InChI is InChI=1S/C13H16BrF2NO/c1-9-6-17(8-12(5-14)18-9)7-10-4-11(15)2-3-13(10)16/h2-4,9,12H,5-8H2,1H3. The minimum atomic E-state index is -0.398. The molecule has 2 unspecified atom stereocenters. The summed E-state index contributed by atoms with van der Waals surface area (Å²) in [5, 5.41) is 0.749. The highest BCUT2D eigenvalue weighted by Crippen LogP contribution is 2.18. The third-order valence-corrected chi connectivity index (χ3v) is 3.70. The van der Waals surface area contributed by atoms with Gasteiger partial charge in [-0.25, -0.2) is 8.78 Å². The lowest BCUT2D eigenvalue weighted by Gasteiger charge is -2.36. The smallest absolute Gasteiger partial charge is 0.127 e. The summed E-state index contributed by atoms with van der Waals surface area (Å²) in [6.07, 6.45) is 0.211. The number of ether oxygens (including phenoxy) is 1. The Morgan fingerprint density at radius 1 is 1.39 bits per heavy atom. The number of nitrogens with zero attached hydrogens (tertiary/aromatic N) is 1. The molecule has 0 radical (unpaired) electrons. The maximum atomic E-state index is 13.6. The average Bonchev–Trinajstić information content (AvgIpc) is 2.33. The van der Waals surface area contributed by atoms with Crippen molar-refractivity contribution in [1.82, 2.24) is 4.90 Å². The highest BCUT2D eigenvalue weighted by molar-refractivity contribution is 9.09. The van der Waals surface area contributed by atoms with E-state index in [0.717, 1.165) is 24.5 Å². The van der Waals surface area contributed by atoms with Gasteiger partial charge in [-0.2, -0.15) is 0 Å². The second kappa shape index (κ2) is 6.08. The van der Waals surface area contributed by atoms with Crippen LogP contribution < -0.4 is 0 Å². The van der Waals surface area contributed by atoms with E-state index in [9.17, 15) is 8.78 Å². The van der Waals surface area contributed by atoms with E-state index < -0.39 is 5.82 Å². The van der Waals surface area contributed by atoms with Crippen LogP contribution in [0.4, 0.5) is 8.78 Å². The fraction of sp³-hybridized carbons (Fsp3) is 0.538. The Morgan fingerprint density at radius 2 is 2.17 bits per heavy atom. The predicted octanol–water partition coefficient (Wildman–Crippen LogP) is 2.95. The minimum Gasteiger partial charge on any atom is -0.372 e. The molecular weight excluding hydrogens is 304 g/mol. The molecule has 100 valence electrons. The predicted molar refractivity (Wildman–Crippen MR) is 69.8 cm³/mol. The van der Waals surface area contributed by atoms with Gasteiger partial charge in [0.1, 0.15) is 11.6 Å². The summed E-state index contributed by atoms with van der Waals surface area (Å²) in [4.78, 5) is 2.10. The Hall–Kier alpha value is -0.520. The van der Waals surface area contributed by atoms with Gasteiger partial charge in [0.2, 0.25) is 0 Å². The minimum absolute atomic E-state index is 0.102. The lowest BCUT2D eigenvalue weighted by Crippen LogP contribution is -2.46. The molecule has 2 nitrogen and oxygen atoms in total. The highest BCUT2D eigenvalue weighted by atomic mass is 79.9. The van der Waals surface area contributed by atoms with E-state index >= 15 is 0 Å². The second-order valence-electron chi connectivity index (χ2n) is 4.65. The zero-order chi connectivity index (χ0) is 13.1. The molecule has 0 bridgehead atoms. The summed E-state index contributed by atoms with van der Waals surface area (Å²) in [6, 6.07) is 3.58. The van der Waals surface area contributed by atoms with E-state index in [1.165, 1.54) is 12.1 Å². The van der Waals surface area contributed by atoms with Crippen molar-refractivity contribution >= 4 is 15.9 Å². The molecule has 0 amide bonds. The molecular formula is C13H16BrF2NO. The Bertz CT molecular complexity index is 416. The molecule has 0 spiro atoms. The summed E-state index contributed by atoms with van der Waals surface area (Å²) in [5.41, 5.74) is 0.400. The normalized spacial score (nSPS) is 25.3. The molecule has 0 aromatic heterocycles. The van der Waals surface area contributed by atoms with Gasteiger partial charge >= 0.3 is 0 Å². The quantitative estimate of drug-likeness (QED) is 0.794. The van der Waals surface area contributed by atoms with E-state index in [4.69, 9.17) is 4.74 Å². The second-order valence-corrected chi connectivity index (χ2v) is 5.30. The molecule has 0 saturated carbocycles. The van der Waals surface area contributed by atoms with Crippen molar-refractivity contribution in [3.63, 3.8) is 0 Å². The third-order valence-electron chi connectivity index (χ3n) is 2.98. The molecule has 1 heterocycles. The van der Waals surface area contributed by atoms with Crippen LogP contribution in [-0.4, -0.2) is 35.5 Å². The van der Waals surface area contributed by atoms with Crippen LogP contribution >= 0.6 is 15.9 Å². The van der Waals surface area contributed by atoms with Gasteiger partial charge in [0.05, 0.1) is 12.2 Å². The molecule has 1 fully saturated rings. The van der Waals surface area contributed by atoms with Gasteiger partial charge < -0.3 is 4.74 Å². The zero-order valence-electron chi connectivity index (χ0n) is 10.2. The zero-order valence-corrected chi connectivity index (χ0v) is 11.8. The summed E-state index contributed by atoms with van der Waals surface area (Å²) < 4.78 is 32.4. The Labute approximate surface area is 114 Å². The van der Waals surface area contributed by atoms with Crippen molar-refractivity contribution < 1.29 is 13.5 Å². The molecule has 1 saturated heterocycles. The third kappa shape index (κ3) is 3.49. The molecule has 1 aromatic carbocycles. The van der Waals surface area contributed by atoms with Crippen LogP contribution in [0.3, 0.4) is 0 Å². The van der Waals surface area contributed by atoms with Gasteiger partial charge in [-0.3, -0.25) is 4.90 Å². The van der Waals surface area contributed by atoms with Crippen LogP contribution in [0.25, 0.3) is 0 Å². The fourth-order valence-electron chi connectivity index (χ4n) is 2.26. The number of hydrogen-bond acceptors (Lipinski definition) is 2. The monoisotopic (exact) mass is 319 g/mol. The molecule has 1 aliphatic heterocycles. The van der Waals surface area contributed by atoms with Gasteiger partial charge in [-0.1, -0.05) is 15.9 Å². The number of alkyl halides is 1. The Morgan fingerprint density at radius 3 is 2.89 bits per heavy atom. The first-order chi connectivity index (χ1) is 8.58. The van der Waals surface area contributed by atoms with Crippen LogP contribution in [0, 0.1) is 11.6 Å². The van der Waals surface area contributed by atoms with Crippen LogP contribution in [0.5, 0.6) is 0 Å². The molecule has 18 heavy (non-hydrogen) atoms. The van der Waals surface area contributed by atoms with Crippen molar-refractivity contribution in [1.29, 1.82) is 0 Å². The molecule has 2 atom stereocenters. The van der Waals surface area contributed by atoms with E-state index in [2.05, 4.69) is 20.8 Å². The van der Waals surface area contributed by atoms with Crippen LogP contribution in [0.2, 0.25) is 0 Å². The topological polar surface area (TPSA) is 12.5 Å².